The fraction of sp³-hybridized carbons (Fsp3) is 0.556. The van der Waals surface area contributed by atoms with Crippen LogP contribution in [0.15, 0.2) is 29.3 Å². The highest BCUT2D eigenvalue weighted by Gasteiger charge is 2.01. The number of rotatable bonds is 10. The van der Waals surface area contributed by atoms with E-state index in [4.69, 9.17) is 10.5 Å². The smallest absolute Gasteiger partial charge is 0.248 e. The molecule has 1 amide bonds. The van der Waals surface area contributed by atoms with Crippen molar-refractivity contribution >= 4 is 35.8 Å². The Morgan fingerprint density at radius 2 is 1.92 bits per heavy atom. The summed E-state index contributed by atoms with van der Waals surface area (Å²) in [6, 6.07) is 7.18. The van der Waals surface area contributed by atoms with Gasteiger partial charge in [-0.2, -0.15) is 0 Å². The molecule has 0 aromatic heterocycles. The van der Waals surface area contributed by atoms with Gasteiger partial charge in [-0.3, -0.25) is 4.79 Å². The number of aliphatic imine (C=N–C) groups is 1. The lowest BCUT2D eigenvalue weighted by molar-refractivity contribution is 0.1000. The molecule has 0 bridgehead atoms. The number of hydrogen-bond donors (Lipinski definition) is 3. The second kappa shape index (κ2) is 13.9. The standard InChI is InChI=1S/C18H30N4O2.HI/c1-4-20-18(21-10-5-11-24-13-14(2)3)22-12-15-6-8-16(9-7-15)17(19)23;/h6-9,14H,4-5,10-13H2,1-3H3,(H2,19,23)(H2,20,21,22);1H. The second-order valence-corrected chi connectivity index (χ2v) is 6.01. The molecule has 0 spiro atoms. The number of carbonyl (C=O) groups excluding carboxylic acids is 1. The molecule has 1 aromatic carbocycles. The number of guanidine groups is 1. The van der Waals surface area contributed by atoms with Gasteiger partial charge in [0.15, 0.2) is 5.96 Å². The molecule has 1 aromatic rings. The number of benzene rings is 1. The van der Waals surface area contributed by atoms with Gasteiger partial charge in [-0.25, -0.2) is 4.99 Å². The topological polar surface area (TPSA) is 88.7 Å². The molecule has 0 aliphatic rings. The van der Waals surface area contributed by atoms with Gasteiger partial charge in [0.25, 0.3) is 0 Å². The molecule has 0 heterocycles. The number of nitrogens with two attached hydrogens (primary N) is 1. The van der Waals surface area contributed by atoms with Gasteiger partial charge in [0.05, 0.1) is 6.54 Å². The lowest BCUT2D eigenvalue weighted by Gasteiger charge is -2.12. The highest BCUT2D eigenvalue weighted by Crippen LogP contribution is 2.05. The summed E-state index contributed by atoms with van der Waals surface area (Å²) in [5.41, 5.74) is 6.77. The number of ether oxygens (including phenoxy) is 1. The molecule has 1 rings (SSSR count). The van der Waals surface area contributed by atoms with Crippen molar-refractivity contribution in [3.8, 4) is 0 Å². The lowest BCUT2D eigenvalue weighted by atomic mass is 10.1. The number of halogens is 1. The Balaban J connectivity index is 0.00000576. The van der Waals surface area contributed by atoms with Gasteiger partial charge in [-0.15, -0.1) is 24.0 Å². The first-order chi connectivity index (χ1) is 11.5. The van der Waals surface area contributed by atoms with Crippen molar-refractivity contribution in [1.82, 2.24) is 10.6 Å². The third kappa shape index (κ3) is 11.0. The highest BCUT2D eigenvalue weighted by molar-refractivity contribution is 14.0. The van der Waals surface area contributed by atoms with Crippen LogP contribution in [0.2, 0.25) is 0 Å². The van der Waals surface area contributed by atoms with Crippen LogP contribution >= 0.6 is 24.0 Å². The summed E-state index contributed by atoms with van der Waals surface area (Å²) in [5, 5.41) is 6.51. The van der Waals surface area contributed by atoms with Crippen LogP contribution in [0.1, 0.15) is 43.1 Å². The van der Waals surface area contributed by atoms with Crippen LogP contribution in [0, 0.1) is 5.92 Å². The van der Waals surface area contributed by atoms with Gasteiger partial charge < -0.3 is 21.1 Å². The third-order valence-corrected chi connectivity index (χ3v) is 3.21. The quantitative estimate of drug-likeness (QED) is 0.216. The minimum Gasteiger partial charge on any atom is -0.381 e. The molecule has 0 aliphatic heterocycles. The Morgan fingerprint density at radius 1 is 1.24 bits per heavy atom. The van der Waals surface area contributed by atoms with Crippen molar-refractivity contribution in [2.24, 2.45) is 16.6 Å². The van der Waals surface area contributed by atoms with Crippen LogP contribution in [-0.4, -0.2) is 38.2 Å². The molecular weight excluding hydrogens is 431 g/mol. The number of amides is 1. The minimum atomic E-state index is -0.417. The van der Waals surface area contributed by atoms with Gasteiger partial charge in [-0.1, -0.05) is 26.0 Å². The van der Waals surface area contributed by atoms with Gasteiger partial charge in [0, 0.05) is 31.9 Å². The zero-order chi connectivity index (χ0) is 17.8. The van der Waals surface area contributed by atoms with Crippen LogP contribution in [0.25, 0.3) is 0 Å². The molecule has 0 unspecified atom stereocenters. The van der Waals surface area contributed by atoms with E-state index in [-0.39, 0.29) is 24.0 Å². The van der Waals surface area contributed by atoms with Gasteiger partial charge in [-0.05, 0) is 37.0 Å². The number of carbonyl (C=O) groups is 1. The normalized spacial score (nSPS) is 11.1. The van der Waals surface area contributed by atoms with Crippen molar-refractivity contribution in [3.05, 3.63) is 35.4 Å². The van der Waals surface area contributed by atoms with E-state index in [1.54, 1.807) is 12.1 Å². The lowest BCUT2D eigenvalue weighted by Crippen LogP contribution is -2.38. The Hall–Kier alpha value is -1.35. The van der Waals surface area contributed by atoms with Crippen molar-refractivity contribution in [1.29, 1.82) is 0 Å². The second-order valence-electron chi connectivity index (χ2n) is 6.01. The van der Waals surface area contributed by atoms with E-state index < -0.39 is 5.91 Å². The molecule has 0 aliphatic carbocycles. The van der Waals surface area contributed by atoms with Crippen LogP contribution in [0.5, 0.6) is 0 Å². The van der Waals surface area contributed by atoms with Crippen LogP contribution in [0.3, 0.4) is 0 Å². The SMILES string of the molecule is CCNC(=NCc1ccc(C(N)=O)cc1)NCCCOCC(C)C.I. The summed E-state index contributed by atoms with van der Waals surface area (Å²) in [6.07, 6.45) is 0.935. The number of nitrogens with zero attached hydrogens (tertiary/aromatic N) is 1. The average molecular weight is 462 g/mol. The Labute approximate surface area is 168 Å². The molecule has 6 nitrogen and oxygen atoms in total. The van der Waals surface area contributed by atoms with E-state index in [0.717, 1.165) is 44.2 Å². The Morgan fingerprint density at radius 3 is 2.48 bits per heavy atom. The summed E-state index contributed by atoms with van der Waals surface area (Å²) < 4.78 is 5.56. The molecular formula is C18H31IN4O2. The summed E-state index contributed by atoms with van der Waals surface area (Å²) in [7, 11) is 0. The molecule has 25 heavy (non-hydrogen) atoms. The number of nitrogens with one attached hydrogen (secondary N) is 2. The van der Waals surface area contributed by atoms with Gasteiger partial charge in [0.1, 0.15) is 0 Å². The van der Waals surface area contributed by atoms with Crippen LogP contribution < -0.4 is 16.4 Å². The van der Waals surface area contributed by atoms with E-state index in [2.05, 4.69) is 29.5 Å². The Kier molecular flexibility index (Phi) is 13.1. The maximum absolute atomic E-state index is 11.1. The average Bonchev–Trinajstić information content (AvgIpc) is 2.55. The van der Waals surface area contributed by atoms with E-state index in [9.17, 15) is 4.79 Å². The van der Waals surface area contributed by atoms with Gasteiger partial charge >= 0.3 is 0 Å². The minimum absolute atomic E-state index is 0. The zero-order valence-corrected chi connectivity index (χ0v) is 17.7. The first-order valence-electron chi connectivity index (χ1n) is 8.51. The maximum atomic E-state index is 11.1. The molecule has 0 saturated carbocycles. The molecule has 0 fully saturated rings. The van der Waals surface area contributed by atoms with Crippen molar-refractivity contribution in [2.45, 2.75) is 33.7 Å². The molecule has 0 atom stereocenters. The van der Waals surface area contributed by atoms with E-state index in [1.807, 2.05) is 19.1 Å². The zero-order valence-electron chi connectivity index (χ0n) is 15.4. The van der Waals surface area contributed by atoms with Crippen LogP contribution in [-0.2, 0) is 11.3 Å². The Bertz CT molecular complexity index is 518. The predicted molar refractivity (Wildman–Crippen MR) is 113 cm³/mol. The van der Waals surface area contributed by atoms with Crippen LogP contribution in [0.4, 0.5) is 0 Å². The molecule has 4 N–H and O–H groups in total. The van der Waals surface area contributed by atoms with E-state index in [0.29, 0.717) is 18.0 Å². The maximum Gasteiger partial charge on any atom is 0.248 e. The molecule has 7 heteroatoms. The highest BCUT2D eigenvalue weighted by atomic mass is 127. The number of primary amides is 1. The fourth-order valence-electron chi connectivity index (χ4n) is 1.99. The summed E-state index contributed by atoms with van der Waals surface area (Å²) in [6.45, 7) is 10.0. The molecule has 142 valence electrons. The fourth-order valence-corrected chi connectivity index (χ4v) is 1.99. The summed E-state index contributed by atoms with van der Waals surface area (Å²) >= 11 is 0. The summed E-state index contributed by atoms with van der Waals surface area (Å²) in [5.74, 6) is 0.929. The van der Waals surface area contributed by atoms with E-state index in [1.165, 1.54) is 0 Å². The first-order valence-corrected chi connectivity index (χ1v) is 8.51. The third-order valence-electron chi connectivity index (χ3n) is 3.21. The first kappa shape index (κ1) is 23.6. The van der Waals surface area contributed by atoms with Crippen molar-refractivity contribution < 1.29 is 9.53 Å². The molecule has 0 radical (unpaired) electrons. The van der Waals surface area contributed by atoms with Gasteiger partial charge in [0.2, 0.25) is 5.91 Å². The largest absolute Gasteiger partial charge is 0.381 e. The van der Waals surface area contributed by atoms with E-state index >= 15 is 0 Å². The predicted octanol–water partition coefficient (Wildman–Crippen LogP) is 2.52. The monoisotopic (exact) mass is 462 g/mol. The number of hydrogen-bond acceptors (Lipinski definition) is 3. The summed E-state index contributed by atoms with van der Waals surface area (Å²) in [4.78, 5) is 15.6. The molecule has 0 saturated heterocycles. The van der Waals surface area contributed by atoms with Crippen molar-refractivity contribution in [3.63, 3.8) is 0 Å². The van der Waals surface area contributed by atoms with Crippen molar-refractivity contribution in [2.75, 3.05) is 26.3 Å².